The summed E-state index contributed by atoms with van der Waals surface area (Å²) < 4.78 is 5.77. The Labute approximate surface area is 120 Å². The van der Waals surface area contributed by atoms with Gasteiger partial charge in [0.15, 0.2) is 0 Å². The Bertz CT molecular complexity index is 392. The predicted octanol–water partition coefficient (Wildman–Crippen LogP) is 2.94. The van der Waals surface area contributed by atoms with Crippen LogP contribution in [-0.2, 0) is 6.42 Å². The summed E-state index contributed by atoms with van der Waals surface area (Å²) >= 11 is 6.17. The van der Waals surface area contributed by atoms with Crippen LogP contribution in [0.2, 0.25) is 5.02 Å². The molecule has 0 spiro atoms. The highest BCUT2D eigenvalue weighted by Gasteiger charge is 2.11. The van der Waals surface area contributed by atoms with Gasteiger partial charge in [-0.1, -0.05) is 18.5 Å². The van der Waals surface area contributed by atoms with E-state index in [0.717, 1.165) is 41.2 Å². The SMILES string of the molecule is CCCOc1cc(C)c(Cl)cc1CCC(CN)CO. The molecule has 3 N–H and O–H groups in total. The van der Waals surface area contributed by atoms with Crippen LogP contribution in [0.5, 0.6) is 5.75 Å². The lowest BCUT2D eigenvalue weighted by molar-refractivity contribution is 0.222. The van der Waals surface area contributed by atoms with E-state index in [9.17, 15) is 5.11 Å². The van der Waals surface area contributed by atoms with E-state index in [2.05, 4.69) is 6.92 Å². The molecule has 1 unspecified atom stereocenters. The molecule has 0 radical (unpaired) electrons. The maximum atomic E-state index is 9.18. The number of hydrogen-bond donors (Lipinski definition) is 2. The summed E-state index contributed by atoms with van der Waals surface area (Å²) in [5.74, 6) is 1.04. The van der Waals surface area contributed by atoms with Gasteiger partial charge in [-0.25, -0.2) is 0 Å². The van der Waals surface area contributed by atoms with Crippen molar-refractivity contribution < 1.29 is 9.84 Å². The van der Waals surface area contributed by atoms with Crippen molar-refractivity contribution in [1.82, 2.24) is 0 Å². The Balaban J connectivity index is 2.81. The first-order chi connectivity index (χ1) is 9.12. The zero-order valence-corrected chi connectivity index (χ0v) is 12.5. The largest absolute Gasteiger partial charge is 0.493 e. The number of rotatable bonds is 8. The molecule has 0 heterocycles. The Morgan fingerprint density at radius 2 is 2.16 bits per heavy atom. The monoisotopic (exact) mass is 285 g/mol. The van der Waals surface area contributed by atoms with E-state index in [1.165, 1.54) is 0 Å². The van der Waals surface area contributed by atoms with Crippen molar-refractivity contribution in [2.75, 3.05) is 19.8 Å². The van der Waals surface area contributed by atoms with Crippen LogP contribution in [0.3, 0.4) is 0 Å². The standard InChI is InChI=1S/C15H24ClNO2/c1-3-6-19-15-7-11(2)14(16)8-13(15)5-4-12(9-17)10-18/h7-8,12,18H,3-6,9-10,17H2,1-2H3. The van der Waals surface area contributed by atoms with Gasteiger partial charge in [0.25, 0.3) is 0 Å². The molecule has 4 heteroatoms. The van der Waals surface area contributed by atoms with Gasteiger partial charge in [-0.15, -0.1) is 0 Å². The minimum absolute atomic E-state index is 0.126. The Hall–Kier alpha value is -0.770. The van der Waals surface area contributed by atoms with Crippen LogP contribution in [-0.4, -0.2) is 24.9 Å². The average molecular weight is 286 g/mol. The zero-order chi connectivity index (χ0) is 14.3. The second-order valence-electron chi connectivity index (χ2n) is 4.88. The van der Waals surface area contributed by atoms with Gasteiger partial charge >= 0.3 is 0 Å². The van der Waals surface area contributed by atoms with Crippen LogP contribution in [0.25, 0.3) is 0 Å². The van der Waals surface area contributed by atoms with Crippen molar-refractivity contribution in [3.63, 3.8) is 0 Å². The number of halogens is 1. The maximum Gasteiger partial charge on any atom is 0.122 e. The third kappa shape index (κ3) is 5.01. The summed E-state index contributed by atoms with van der Waals surface area (Å²) in [4.78, 5) is 0. The normalized spacial score (nSPS) is 12.5. The van der Waals surface area contributed by atoms with E-state index in [4.69, 9.17) is 22.1 Å². The minimum Gasteiger partial charge on any atom is -0.493 e. The van der Waals surface area contributed by atoms with Crippen molar-refractivity contribution >= 4 is 11.6 Å². The quantitative estimate of drug-likeness (QED) is 0.772. The second kappa shape index (κ2) is 8.41. The van der Waals surface area contributed by atoms with Crippen LogP contribution in [0.1, 0.15) is 30.9 Å². The number of aliphatic hydroxyl groups is 1. The minimum atomic E-state index is 0.126. The van der Waals surface area contributed by atoms with E-state index in [1.807, 2.05) is 19.1 Å². The third-order valence-corrected chi connectivity index (χ3v) is 3.62. The summed E-state index contributed by atoms with van der Waals surface area (Å²) in [6.07, 6.45) is 2.64. The lowest BCUT2D eigenvalue weighted by Gasteiger charge is -2.15. The number of ether oxygens (including phenoxy) is 1. The van der Waals surface area contributed by atoms with Crippen LogP contribution >= 0.6 is 11.6 Å². The highest BCUT2D eigenvalue weighted by atomic mass is 35.5. The predicted molar refractivity (Wildman–Crippen MR) is 79.9 cm³/mol. The van der Waals surface area contributed by atoms with Crippen LogP contribution in [0.4, 0.5) is 0 Å². The van der Waals surface area contributed by atoms with E-state index in [-0.39, 0.29) is 12.5 Å². The van der Waals surface area contributed by atoms with Crippen LogP contribution in [0, 0.1) is 12.8 Å². The smallest absolute Gasteiger partial charge is 0.122 e. The Kier molecular flexibility index (Phi) is 7.21. The summed E-state index contributed by atoms with van der Waals surface area (Å²) in [6.45, 7) is 5.39. The number of nitrogens with two attached hydrogens (primary N) is 1. The fourth-order valence-corrected chi connectivity index (χ4v) is 2.07. The molecule has 3 nitrogen and oxygen atoms in total. The molecule has 0 amide bonds. The maximum absolute atomic E-state index is 9.18. The van der Waals surface area contributed by atoms with Gasteiger partial charge in [-0.3, -0.25) is 0 Å². The van der Waals surface area contributed by atoms with Crippen LogP contribution < -0.4 is 10.5 Å². The molecule has 0 saturated carbocycles. The van der Waals surface area contributed by atoms with E-state index < -0.39 is 0 Å². The molecule has 0 aromatic heterocycles. The summed E-state index contributed by atoms with van der Waals surface area (Å²) in [5, 5.41) is 9.93. The Morgan fingerprint density at radius 3 is 2.74 bits per heavy atom. The first-order valence-corrected chi connectivity index (χ1v) is 7.22. The van der Waals surface area contributed by atoms with Gasteiger partial charge in [-0.2, -0.15) is 0 Å². The lowest BCUT2D eigenvalue weighted by atomic mass is 9.99. The number of benzene rings is 1. The zero-order valence-electron chi connectivity index (χ0n) is 11.8. The summed E-state index contributed by atoms with van der Waals surface area (Å²) in [7, 11) is 0. The molecular formula is C15H24ClNO2. The Morgan fingerprint density at radius 1 is 1.42 bits per heavy atom. The molecule has 0 fully saturated rings. The molecule has 0 bridgehead atoms. The van der Waals surface area contributed by atoms with Crippen molar-refractivity contribution in [1.29, 1.82) is 0 Å². The molecule has 0 aliphatic rings. The summed E-state index contributed by atoms with van der Waals surface area (Å²) in [6, 6.07) is 3.95. The van der Waals surface area contributed by atoms with Crippen molar-refractivity contribution in [2.45, 2.75) is 33.1 Å². The van der Waals surface area contributed by atoms with E-state index in [1.54, 1.807) is 0 Å². The van der Waals surface area contributed by atoms with Crippen LogP contribution in [0.15, 0.2) is 12.1 Å². The molecule has 1 atom stereocenters. The first kappa shape index (κ1) is 16.3. The topological polar surface area (TPSA) is 55.5 Å². The molecule has 108 valence electrons. The molecular weight excluding hydrogens is 262 g/mol. The lowest BCUT2D eigenvalue weighted by Crippen LogP contribution is -2.18. The molecule has 1 aromatic rings. The number of aryl methyl sites for hydroxylation is 2. The van der Waals surface area contributed by atoms with Crippen molar-refractivity contribution in [2.24, 2.45) is 11.7 Å². The van der Waals surface area contributed by atoms with Crippen molar-refractivity contribution in [3.8, 4) is 5.75 Å². The number of aliphatic hydroxyl groups excluding tert-OH is 1. The second-order valence-corrected chi connectivity index (χ2v) is 5.29. The van der Waals surface area contributed by atoms with Crippen molar-refractivity contribution in [3.05, 3.63) is 28.3 Å². The average Bonchev–Trinajstić information content (AvgIpc) is 2.41. The fraction of sp³-hybridized carbons (Fsp3) is 0.600. The van der Waals surface area contributed by atoms with Gasteiger partial charge < -0.3 is 15.6 Å². The highest BCUT2D eigenvalue weighted by Crippen LogP contribution is 2.28. The molecule has 0 saturated heterocycles. The highest BCUT2D eigenvalue weighted by molar-refractivity contribution is 6.31. The van der Waals surface area contributed by atoms with E-state index >= 15 is 0 Å². The molecule has 0 aliphatic heterocycles. The third-order valence-electron chi connectivity index (χ3n) is 3.22. The van der Waals surface area contributed by atoms with Gasteiger partial charge in [0, 0.05) is 11.6 Å². The van der Waals surface area contributed by atoms with Gasteiger partial charge in [0.1, 0.15) is 5.75 Å². The molecule has 1 rings (SSSR count). The fourth-order valence-electron chi connectivity index (χ4n) is 1.88. The molecule has 19 heavy (non-hydrogen) atoms. The van der Waals surface area contributed by atoms with Gasteiger partial charge in [-0.05, 0) is 61.9 Å². The van der Waals surface area contributed by atoms with Gasteiger partial charge in [0.2, 0.25) is 0 Å². The van der Waals surface area contributed by atoms with E-state index in [0.29, 0.717) is 13.2 Å². The first-order valence-electron chi connectivity index (χ1n) is 6.85. The molecule has 1 aromatic carbocycles. The summed E-state index contributed by atoms with van der Waals surface area (Å²) in [5.41, 5.74) is 7.72. The molecule has 0 aliphatic carbocycles. The van der Waals surface area contributed by atoms with Gasteiger partial charge in [0.05, 0.1) is 6.61 Å². The number of hydrogen-bond acceptors (Lipinski definition) is 3.